The summed E-state index contributed by atoms with van der Waals surface area (Å²) in [6, 6.07) is 15.8. The predicted octanol–water partition coefficient (Wildman–Crippen LogP) is 6.02. The zero-order valence-electron chi connectivity index (χ0n) is 13.5. The second-order valence-corrected chi connectivity index (χ2v) is 8.21. The van der Waals surface area contributed by atoms with E-state index in [-0.39, 0.29) is 0 Å². The van der Waals surface area contributed by atoms with Gasteiger partial charge in [0, 0.05) is 0 Å². The van der Waals surface area contributed by atoms with Gasteiger partial charge in [-0.3, -0.25) is 0 Å². The first-order chi connectivity index (χ1) is 10.1. The molecule has 0 radical (unpaired) electrons. The lowest BCUT2D eigenvalue weighted by Crippen LogP contribution is -2.18. The van der Waals surface area contributed by atoms with Gasteiger partial charge in [-0.15, -0.1) is 0 Å². The van der Waals surface area contributed by atoms with E-state index in [0.717, 1.165) is 23.7 Å². The Morgan fingerprint density at radius 3 is 2.57 bits per heavy atom. The van der Waals surface area contributed by atoms with Gasteiger partial charge in [-0.25, -0.2) is 0 Å². The van der Waals surface area contributed by atoms with Crippen LogP contribution < -0.4 is 0 Å². The van der Waals surface area contributed by atoms with Crippen molar-refractivity contribution in [3.05, 3.63) is 48.0 Å². The molecule has 0 heteroatoms. The molecule has 4 rings (SSSR count). The molecule has 0 nitrogen and oxygen atoms in total. The van der Waals surface area contributed by atoms with Crippen LogP contribution in [0.15, 0.2) is 42.5 Å². The van der Waals surface area contributed by atoms with Crippen molar-refractivity contribution < 1.29 is 0 Å². The van der Waals surface area contributed by atoms with Crippen molar-refractivity contribution in [2.24, 2.45) is 23.2 Å². The highest BCUT2D eigenvalue weighted by Crippen LogP contribution is 2.62. The van der Waals surface area contributed by atoms with Gasteiger partial charge in [0.2, 0.25) is 0 Å². The van der Waals surface area contributed by atoms with E-state index in [9.17, 15) is 0 Å². The van der Waals surface area contributed by atoms with Gasteiger partial charge in [-0.05, 0) is 64.7 Å². The maximum atomic E-state index is 2.51. The molecule has 2 aliphatic carbocycles. The second-order valence-electron chi connectivity index (χ2n) is 8.21. The minimum absolute atomic E-state index is 0.511. The Balaban J connectivity index is 1.82. The largest absolute Gasteiger partial charge is 0.0625 e. The highest BCUT2D eigenvalue weighted by molar-refractivity contribution is 5.86. The molecule has 0 saturated heterocycles. The molecule has 0 heterocycles. The van der Waals surface area contributed by atoms with Crippen molar-refractivity contribution in [2.45, 2.75) is 46.0 Å². The molecule has 2 saturated carbocycles. The van der Waals surface area contributed by atoms with Crippen molar-refractivity contribution in [2.75, 3.05) is 0 Å². The summed E-state index contributed by atoms with van der Waals surface area (Å²) in [5.41, 5.74) is 2.12. The van der Waals surface area contributed by atoms with Gasteiger partial charge in [0.25, 0.3) is 0 Å². The first kappa shape index (κ1) is 13.4. The molecule has 0 aromatic heterocycles. The Bertz CT molecular complexity index is 661. The fourth-order valence-electron chi connectivity index (χ4n) is 5.46. The molecule has 0 amide bonds. The number of hydrogen-bond acceptors (Lipinski definition) is 0. The summed E-state index contributed by atoms with van der Waals surface area (Å²) >= 11 is 0. The molecule has 0 aliphatic heterocycles. The van der Waals surface area contributed by atoms with Gasteiger partial charge in [0.1, 0.15) is 0 Å². The molecule has 110 valence electrons. The Morgan fingerprint density at radius 2 is 1.71 bits per heavy atom. The first-order valence-corrected chi connectivity index (χ1v) is 8.54. The standard InChI is InChI=1S/C21H26/c1-14-11-18-19(13-21(2,3)20(18)12-14)17-10-6-8-15-7-4-5-9-16(15)17/h4-10,14,18-20H,11-13H2,1-3H3. The van der Waals surface area contributed by atoms with Crippen molar-refractivity contribution in [1.82, 2.24) is 0 Å². The molecule has 21 heavy (non-hydrogen) atoms. The monoisotopic (exact) mass is 278 g/mol. The lowest BCUT2D eigenvalue weighted by molar-refractivity contribution is 0.236. The summed E-state index contributed by atoms with van der Waals surface area (Å²) in [7, 11) is 0. The third-order valence-corrected chi connectivity index (χ3v) is 6.34. The van der Waals surface area contributed by atoms with Crippen molar-refractivity contribution in [1.29, 1.82) is 0 Å². The van der Waals surface area contributed by atoms with Crippen molar-refractivity contribution in [3.63, 3.8) is 0 Å². The minimum Gasteiger partial charge on any atom is -0.0625 e. The Kier molecular flexibility index (Phi) is 2.93. The second kappa shape index (κ2) is 4.60. The zero-order chi connectivity index (χ0) is 14.6. The summed E-state index contributed by atoms with van der Waals surface area (Å²) in [6.45, 7) is 7.47. The third kappa shape index (κ3) is 2.03. The molecule has 2 aromatic rings. The Labute approximate surface area is 128 Å². The number of hydrogen-bond donors (Lipinski definition) is 0. The average molecular weight is 278 g/mol. The van der Waals surface area contributed by atoms with E-state index in [1.165, 1.54) is 30.0 Å². The SMILES string of the molecule is CC1CC2C(c3cccc4ccccc34)CC(C)(C)C2C1. The number of fused-ring (bicyclic) bond motifs is 2. The van der Waals surface area contributed by atoms with E-state index in [0.29, 0.717) is 5.41 Å². The highest BCUT2D eigenvalue weighted by atomic mass is 14.6. The van der Waals surface area contributed by atoms with E-state index >= 15 is 0 Å². The van der Waals surface area contributed by atoms with Crippen LogP contribution in [0.4, 0.5) is 0 Å². The molecule has 2 aromatic carbocycles. The summed E-state index contributed by atoms with van der Waals surface area (Å²) in [6.07, 6.45) is 4.24. The first-order valence-electron chi connectivity index (χ1n) is 8.54. The van der Waals surface area contributed by atoms with E-state index in [1.807, 2.05) is 0 Å². The van der Waals surface area contributed by atoms with Gasteiger partial charge < -0.3 is 0 Å². The average Bonchev–Trinajstić information content (AvgIpc) is 2.96. The van der Waals surface area contributed by atoms with Crippen LogP contribution in [0.5, 0.6) is 0 Å². The van der Waals surface area contributed by atoms with Crippen LogP contribution >= 0.6 is 0 Å². The van der Waals surface area contributed by atoms with Gasteiger partial charge in [-0.2, -0.15) is 0 Å². The molecular formula is C21H26. The van der Waals surface area contributed by atoms with Crippen molar-refractivity contribution >= 4 is 10.8 Å². The maximum absolute atomic E-state index is 2.51. The quantitative estimate of drug-likeness (QED) is 0.598. The molecule has 0 bridgehead atoms. The van der Waals surface area contributed by atoms with Gasteiger partial charge in [0.05, 0.1) is 0 Å². The van der Waals surface area contributed by atoms with E-state index in [2.05, 4.69) is 63.2 Å². The van der Waals surface area contributed by atoms with Gasteiger partial charge in [0.15, 0.2) is 0 Å². The fraction of sp³-hybridized carbons (Fsp3) is 0.524. The lowest BCUT2D eigenvalue weighted by Gasteiger charge is -2.26. The van der Waals surface area contributed by atoms with Crippen LogP contribution in [0.1, 0.15) is 51.5 Å². The molecule has 2 aliphatic rings. The molecule has 4 unspecified atom stereocenters. The van der Waals surface area contributed by atoms with E-state index in [1.54, 1.807) is 5.56 Å². The molecular weight excluding hydrogens is 252 g/mol. The Hall–Kier alpha value is -1.30. The topological polar surface area (TPSA) is 0 Å². The molecule has 0 N–H and O–H groups in total. The van der Waals surface area contributed by atoms with Gasteiger partial charge >= 0.3 is 0 Å². The smallest absolute Gasteiger partial charge is 0.0119 e. The summed E-state index contributed by atoms with van der Waals surface area (Å²) in [4.78, 5) is 0. The van der Waals surface area contributed by atoms with Crippen LogP contribution in [-0.2, 0) is 0 Å². The van der Waals surface area contributed by atoms with Crippen LogP contribution in [0.25, 0.3) is 10.8 Å². The van der Waals surface area contributed by atoms with E-state index < -0.39 is 0 Å². The lowest BCUT2D eigenvalue weighted by atomic mass is 9.79. The van der Waals surface area contributed by atoms with Crippen LogP contribution in [0, 0.1) is 23.2 Å². The fourth-order valence-corrected chi connectivity index (χ4v) is 5.46. The van der Waals surface area contributed by atoms with Crippen LogP contribution in [0.2, 0.25) is 0 Å². The third-order valence-electron chi connectivity index (χ3n) is 6.34. The van der Waals surface area contributed by atoms with Crippen LogP contribution in [0.3, 0.4) is 0 Å². The molecule has 2 fully saturated rings. The summed E-state index contributed by atoms with van der Waals surface area (Å²) in [5.74, 6) is 3.51. The van der Waals surface area contributed by atoms with Gasteiger partial charge in [-0.1, -0.05) is 63.2 Å². The highest BCUT2D eigenvalue weighted by Gasteiger charge is 2.52. The molecule has 0 spiro atoms. The zero-order valence-corrected chi connectivity index (χ0v) is 13.5. The Morgan fingerprint density at radius 1 is 0.952 bits per heavy atom. The number of rotatable bonds is 1. The minimum atomic E-state index is 0.511. The summed E-state index contributed by atoms with van der Waals surface area (Å²) < 4.78 is 0. The number of benzene rings is 2. The predicted molar refractivity (Wildman–Crippen MR) is 90.5 cm³/mol. The van der Waals surface area contributed by atoms with Crippen LogP contribution in [-0.4, -0.2) is 0 Å². The normalized spacial score (nSPS) is 34.2. The van der Waals surface area contributed by atoms with E-state index in [4.69, 9.17) is 0 Å². The van der Waals surface area contributed by atoms with Crippen molar-refractivity contribution in [3.8, 4) is 0 Å². The maximum Gasteiger partial charge on any atom is -0.0119 e. The summed E-state index contributed by atoms with van der Waals surface area (Å²) in [5, 5.41) is 2.89. The molecule has 4 atom stereocenters.